The maximum absolute atomic E-state index is 12.6. The number of rotatable bonds is 8. The predicted molar refractivity (Wildman–Crippen MR) is 130 cm³/mol. The first-order valence-corrected chi connectivity index (χ1v) is 13.7. The van der Waals surface area contributed by atoms with Crippen LogP contribution in [0, 0.1) is 11.8 Å². The largest absolute Gasteiger partial charge is 0.494 e. The number of sulfone groups is 1. The van der Waals surface area contributed by atoms with Crippen LogP contribution in [-0.2, 0) is 26.0 Å². The van der Waals surface area contributed by atoms with Gasteiger partial charge in [0.25, 0.3) is 5.91 Å². The van der Waals surface area contributed by atoms with Gasteiger partial charge in [-0.05, 0) is 43.4 Å². The third kappa shape index (κ3) is 6.54. The molecule has 3 rings (SSSR count). The minimum absolute atomic E-state index is 0.327. The highest BCUT2D eigenvalue weighted by atomic mass is 32.2. The van der Waals surface area contributed by atoms with E-state index in [0.29, 0.717) is 48.6 Å². The van der Waals surface area contributed by atoms with Crippen molar-refractivity contribution in [1.82, 2.24) is 9.47 Å². The van der Waals surface area contributed by atoms with E-state index >= 15 is 0 Å². The zero-order valence-corrected chi connectivity index (χ0v) is 21.0. The van der Waals surface area contributed by atoms with Gasteiger partial charge in [-0.3, -0.25) is 9.59 Å². The predicted octanol–water partition coefficient (Wildman–Crippen LogP) is 2.63. The first-order valence-electron chi connectivity index (χ1n) is 11.0. The summed E-state index contributed by atoms with van der Waals surface area (Å²) in [4.78, 5) is 31.2. The quantitative estimate of drug-likeness (QED) is 0.527. The molecule has 2 aromatic rings. The normalized spacial score (nSPS) is 19.6. The first-order chi connectivity index (χ1) is 15.6. The van der Waals surface area contributed by atoms with Crippen LogP contribution in [0.3, 0.4) is 0 Å². The van der Waals surface area contributed by atoms with E-state index in [1.807, 2.05) is 39.0 Å². The van der Waals surface area contributed by atoms with Crippen molar-refractivity contribution in [2.24, 2.45) is 16.8 Å². The number of amides is 2. The van der Waals surface area contributed by atoms with Crippen LogP contribution >= 0.6 is 11.3 Å². The fourth-order valence-electron chi connectivity index (χ4n) is 4.22. The van der Waals surface area contributed by atoms with E-state index in [1.54, 1.807) is 15.5 Å². The van der Waals surface area contributed by atoms with Gasteiger partial charge in [-0.15, -0.1) is 6.58 Å². The number of aromatic nitrogens is 1. The monoisotopic (exact) mass is 493 g/mol. The van der Waals surface area contributed by atoms with Gasteiger partial charge in [-0.2, -0.15) is 4.99 Å². The minimum Gasteiger partial charge on any atom is -0.494 e. The third-order valence-corrected chi connectivity index (χ3v) is 7.82. The summed E-state index contributed by atoms with van der Waals surface area (Å²) in [6, 6.07) is 5.57. The molecule has 1 aromatic heterocycles. The van der Waals surface area contributed by atoms with Crippen LogP contribution in [0.1, 0.15) is 27.2 Å². The molecule has 0 bridgehead atoms. The van der Waals surface area contributed by atoms with Crippen LogP contribution in [0.15, 0.2) is 35.8 Å². The average molecular weight is 494 g/mol. The standard InChI is InChI=1S/C23H31N3O5S2/c1-5-9-26-19-8-7-18(31-6-2)11-20(19)32-23(26)24-21(27)14-33(29,30)15-22(28)25-12-16(3)10-17(4)13-25/h5,7-8,11,16-17H,1,6,9-10,12-15H2,2-4H3. The zero-order chi connectivity index (χ0) is 24.2. The first kappa shape index (κ1) is 25.2. The van der Waals surface area contributed by atoms with E-state index in [9.17, 15) is 18.0 Å². The van der Waals surface area contributed by atoms with Gasteiger partial charge in [0.1, 0.15) is 17.3 Å². The number of benzene rings is 1. The van der Waals surface area contributed by atoms with Gasteiger partial charge in [0.15, 0.2) is 14.6 Å². The van der Waals surface area contributed by atoms with Gasteiger partial charge in [0.05, 0.1) is 16.8 Å². The summed E-state index contributed by atoms with van der Waals surface area (Å²) in [6.07, 6.45) is 2.70. The van der Waals surface area contributed by atoms with Crippen molar-refractivity contribution in [3.8, 4) is 5.75 Å². The summed E-state index contributed by atoms with van der Waals surface area (Å²) >= 11 is 1.27. The number of allylic oxidation sites excluding steroid dienone is 1. The number of thiazole rings is 1. The molecule has 0 aliphatic carbocycles. The number of hydrogen-bond donors (Lipinski definition) is 0. The summed E-state index contributed by atoms with van der Waals surface area (Å²) in [6.45, 7) is 11.8. The van der Waals surface area contributed by atoms with E-state index in [2.05, 4.69) is 11.6 Å². The van der Waals surface area contributed by atoms with E-state index in [1.165, 1.54) is 11.3 Å². The van der Waals surface area contributed by atoms with Gasteiger partial charge in [0, 0.05) is 19.6 Å². The Morgan fingerprint density at radius 1 is 1.24 bits per heavy atom. The Morgan fingerprint density at radius 2 is 1.94 bits per heavy atom. The van der Waals surface area contributed by atoms with Gasteiger partial charge in [-0.25, -0.2) is 8.42 Å². The van der Waals surface area contributed by atoms with Gasteiger partial charge in [-0.1, -0.05) is 31.3 Å². The highest BCUT2D eigenvalue weighted by molar-refractivity contribution is 7.92. The number of piperidine rings is 1. The molecule has 0 radical (unpaired) electrons. The lowest BCUT2D eigenvalue weighted by atomic mass is 9.92. The Morgan fingerprint density at radius 3 is 2.58 bits per heavy atom. The molecule has 8 nitrogen and oxygen atoms in total. The molecule has 2 heterocycles. The molecule has 1 aliphatic heterocycles. The molecule has 1 aliphatic rings. The molecule has 2 unspecified atom stereocenters. The summed E-state index contributed by atoms with van der Waals surface area (Å²) in [5.41, 5.74) is 0.848. The van der Waals surface area contributed by atoms with E-state index in [0.717, 1.165) is 16.6 Å². The van der Waals surface area contributed by atoms with Crippen LogP contribution < -0.4 is 9.54 Å². The lowest BCUT2D eigenvalue weighted by molar-refractivity contribution is -0.131. The zero-order valence-electron chi connectivity index (χ0n) is 19.3. The number of likely N-dealkylation sites (tertiary alicyclic amines) is 1. The fourth-order valence-corrected chi connectivity index (χ4v) is 6.41. The van der Waals surface area contributed by atoms with Gasteiger partial charge in [0.2, 0.25) is 5.91 Å². The molecule has 10 heteroatoms. The molecule has 33 heavy (non-hydrogen) atoms. The maximum Gasteiger partial charge on any atom is 0.263 e. The smallest absolute Gasteiger partial charge is 0.263 e. The van der Waals surface area contributed by atoms with Gasteiger partial charge < -0.3 is 14.2 Å². The second-order valence-corrected chi connectivity index (χ2v) is 11.7. The number of nitrogens with zero attached hydrogens (tertiary/aromatic N) is 3. The molecule has 0 saturated carbocycles. The third-order valence-electron chi connectivity index (χ3n) is 5.41. The molecule has 0 spiro atoms. The Labute approximate surface area is 198 Å². The number of carbonyl (C=O) groups excluding carboxylic acids is 2. The van der Waals surface area contributed by atoms with Crippen LogP contribution in [0.4, 0.5) is 0 Å². The second-order valence-electron chi connectivity index (χ2n) is 8.63. The molecular formula is C23H31N3O5S2. The minimum atomic E-state index is -3.93. The molecule has 1 fully saturated rings. The number of ether oxygens (including phenoxy) is 1. The molecule has 0 N–H and O–H groups in total. The van der Waals surface area contributed by atoms with Crippen molar-refractivity contribution in [3.05, 3.63) is 35.7 Å². The number of fused-ring (bicyclic) bond motifs is 1. The van der Waals surface area contributed by atoms with Crippen LogP contribution in [0.25, 0.3) is 10.2 Å². The van der Waals surface area contributed by atoms with Crippen molar-refractivity contribution in [2.75, 3.05) is 31.2 Å². The summed E-state index contributed by atoms with van der Waals surface area (Å²) in [5, 5.41) is 0. The Kier molecular flexibility index (Phi) is 8.12. The van der Waals surface area contributed by atoms with Crippen molar-refractivity contribution < 1.29 is 22.7 Å². The molecule has 180 valence electrons. The summed E-state index contributed by atoms with van der Waals surface area (Å²) in [7, 11) is -3.93. The SMILES string of the molecule is C=CCn1c(=NC(=O)CS(=O)(=O)CC(=O)N2CC(C)CC(C)C2)sc2cc(OCC)ccc21. The number of carbonyl (C=O) groups is 2. The highest BCUT2D eigenvalue weighted by Gasteiger charge is 2.29. The van der Waals surface area contributed by atoms with Crippen LogP contribution in [-0.4, -0.2) is 60.9 Å². The molecule has 1 saturated heterocycles. The highest BCUT2D eigenvalue weighted by Crippen LogP contribution is 2.24. The van der Waals surface area contributed by atoms with E-state index < -0.39 is 33.2 Å². The fraction of sp³-hybridized carbons (Fsp3) is 0.522. The van der Waals surface area contributed by atoms with E-state index in [-0.39, 0.29) is 0 Å². The lowest BCUT2D eigenvalue weighted by Crippen LogP contribution is -2.45. The van der Waals surface area contributed by atoms with Crippen LogP contribution in [0.5, 0.6) is 5.75 Å². The molecule has 1 aromatic carbocycles. The molecule has 2 atom stereocenters. The van der Waals surface area contributed by atoms with E-state index in [4.69, 9.17) is 4.74 Å². The number of hydrogen-bond acceptors (Lipinski definition) is 6. The van der Waals surface area contributed by atoms with Crippen molar-refractivity contribution >= 4 is 43.2 Å². The molecule has 2 amide bonds. The Hall–Kier alpha value is -2.46. The molecular weight excluding hydrogens is 462 g/mol. The topological polar surface area (TPSA) is 98.0 Å². The maximum atomic E-state index is 12.6. The van der Waals surface area contributed by atoms with Crippen molar-refractivity contribution in [2.45, 2.75) is 33.7 Å². The van der Waals surface area contributed by atoms with Crippen molar-refractivity contribution in [3.63, 3.8) is 0 Å². The summed E-state index contributed by atoms with van der Waals surface area (Å²) in [5.74, 6) is -1.36. The van der Waals surface area contributed by atoms with Crippen LogP contribution in [0.2, 0.25) is 0 Å². The lowest BCUT2D eigenvalue weighted by Gasteiger charge is -2.34. The van der Waals surface area contributed by atoms with Gasteiger partial charge >= 0.3 is 0 Å². The summed E-state index contributed by atoms with van der Waals surface area (Å²) < 4.78 is 33.4. The second kappa shape index (κ2) is 10.6. The van der Waals surface area contributed by atoms with Crippen molar-refractivity contribution in [1.29, 1.82) is 0 Å². The Balaban J connectivity index is 1.79. The average Bonchev–Trinajstić information content (AvgIpc) is 3.03. The Bertz CT molecular complexity index is 1200.